The van der Waals surface area contributed by atoms with E-state index in [0.29, 0.717) is 5.92 Å². The zero-order valence-corrected chi connectivity index (χ0v) is 14.9. The molecule has 1 aliphatic rings. The molecule has 1 heterocycles. The molecular weight excluding hydrogens is 288 g/mol. The van der Waals surface area contributed by atoms with Gasteiger partial charge in [0.05, 0.1) is 6.61 Å². The van der Waals surface area contributed by atoms with Crippen molar-refractivity contribution in [2.24, 2.45) is 5.92 Å². The predicted molar refractivity (Wildman–Crippen MR) is 93.4 cm³/mol. The summed E-state index contributed by atoms with van der Waals surface area (Å²) in [7, 11) is 3.55. The number of carbonyl (C=O) groups excluding carboxylic acids is 1. The molecule has 0 bridgehead atoms. The van der Waals surface area contributed by atoms with Crippen LogP contribution in [0, 0.1) is 5.92 Å². The van der Waals surface area contributed by atoms with Gasteiger partial charge in [-0.3, -0.25) is 9.69 Å². The number of aliphatic hydroxyl groups is 1. The minimum atomic E-state index is -0.101. The Hall–Kier alpha value is -1.39. The molecule has 0 saturated carbocycles. The molecule has 0 aromatic heterocycles. The maximum Gasteiger partial charge on any atom is 0.253 e. The molecule has 1 N–H and O–H groups in total. The number of rotatable bonds is 6. The molecule has 23 heavy (non-hydrogen) atoms. The Bertz CT molecular complexity index is 542. The summed E-state index contributed by atoms with van der Waals surface area (Å²) in [4.78, 5) is 16.1. The van der Waals surface area contributed by atoms with Gasteiger partial charge in [-0.05, 0) is 49.4 Å². The molecule has 2 rings (SSSR count). The second kappa shape index (κ2) is 7.45. The number of hydrogen-bond donors (Lipinski definition) is 1. The molecule has 128 valence electrons. The molecule has 0 aliphatic carbocycles. The number of carbonyl (C=O) groups is 1. The molecular formula is C19H30N2O2. The highest BCUT2D eigenvalue weighted by atomic mass is 16.3. The number of nitrogens with zero attached hydrogens (tertiary/aromatic N) is 2. The standard InChI is InChI=1S/C19H30N2O2/c1-15(2)12-19(14-22)9-6-10-21(19)13-16-7-5-8-17(11-16)18(23)20(3)4/h5,7-8,11,15,22H,6,9-10,12-14H2,1-4H3/t19-/m1/s1. The van der Waals surface area contributed by atoms with Gasteiger partial charge in [0.2, 0.25) is 0 Å². The second-order valence-electron chi connectivity index (χ2n) is 7.41. The Morgan fingerprint density at radius 2 is 2.13 bits per heavy atom. The normalized spacial score (nSPS) is 21.8. The van der Waals surface area contributed by atoms with Crippen molar-refractivity contribution in [1.29, 1.82) is 0 Å². The Balaban J connectivity index is 2.17. The molecule has 1 saturated heterocycles. The van der Waals surface area contributed by atoms with Crippen LogP contribution in [-0.4, -0.2) is 53.6 Å². The van der Waals surface area contributed by atoms with Gasteiger partial charge < -0.3 is 10.0 Å². The van der Waals surface area contributed by atoms with E-state index in [1.165, 1.54) is 0 Å². The Morgan fingerprint density at radius 1 is 1.39 bits per heavy atom. The van der Waals surface area contributed by atoms with Gasteiger partial charge in [0, 0.05) is 31.7 Å². The quantitative estimate of drug-likeness (QED) is 0.877. The molecule has 1 atom stereocenters. The third-order valence-corrected chi connectivity index (χ3v) is 4.78. The van der Waals surface area contributed by atoms with E-state index in [2.05, 4.69) is 24.8 Å². The van der Waals surface area contributed by atoms with Crippen LogP contribution in [0.2, 0.25) is 0 Å². The lowest BCUT2D eigenvalue weighted by Gasteiger charge is -2.38. The van der Waals surface area contributed by atoms with E-state index < -0.39 is 0 Å². The van der Waals surface area contributed by atoms with Crippen molar-refractivity contribution in [3.63, 3.8) is 0 Å². The number of amides is 1. The zero-order chi connectivity index (χ0) is 17.0. The van der Waals surface area contributed by atoms with Crippen LogP contribution >= 0.6 is 0 Å². The van der Waals surface area contributed by atoms with Gasteiger partial charge in [0.25, 0.3) is 5.91 Å². The van der Waals surface area contributed by atoms with Crippen LogP contribution in [0.1, 0.15) is 49.0 Å². The highest BCUT2D eigenvalue weighted by Crippen LogP contribution is 2.35. The maximum absolute atomic E-state index is 12.1. The van der Waals surface area contributed by atoms with Crippen molar-refractivity contribution in [3.8, 4) is 0 Å². The van der Waals surface area contributed by atoms with Gasteiger partial charge in [0.15, 0.2) is 0 Å². The molecule has 1 aromatic carbocycles. The van der Waals surface area contributed by atoms with E-state index in [0.717, 1.165) is 43.5 Å². The fraction of sp³-hybridized carbons (Fsp3) is 0.632. The average Bonchev–Trinajstić information content (AvgIpc) is 2.89. The first kappa shape index (κ1) is 18.0. The van der Waals surface area contributed by atoms with Gasteiger partial charge in [0.1, 0.15) is 0 Å². The molecule has 4 nitrogen and oxygen atoms in total. The van der Waals surface area contributed by atoms with Crippen LogP contribution in [0.5, 0.6) is 0 Å². The Kier molecular flexibility index (Phi) is 5.82. The smallest absolute Gasteiger partial charge is 0.253 e. The van der Waals surface area contributed by atoms with Crippen molar-refractivity contribution in [2.75, 3.05) is 27.2 Å². The Morgan fingerprint density at radius 3 is 2.74 bits per heavy atom. The van der Waals surface area contributed by atoms with Crippen LogP contribution in [0.15, 0.2) is 24.3 Å². The lowest BCUT2D eigenvalue weighted by molar-refractivity contribution is 0.0409. The van der Waals surface area contributed by atoms with Crippen molar-refractivity contribution in [3.05, 3.63) is 35.4 Å². The first-order valence-corrected chi connectivity index (χ1v) is 8.54. The van der Waals surface area contributed by atoms with Gasteiger partial charge in [-0.25, -0.2) is 0 Å². The van der Waals surface area contributed by atoms with Crippen LogP contribution in [0.25, 0.3) is 0 Å². The predicted octanol–water partition coefficient (Wildman–Crippen LogP) is 2.76. The van der Waals surface area contributed by atoms with Crippen LogP contribution in [0.4, 0.5) is 0 Å². The highest BCUT2D eigenvalue weighted by molar-refractivity contribution is 5.94. The summed E-state index contributed by atoms with van der Waals surface area (Å²) in [6, 6.07) is 7.87. The molecule has 4 heteroatoms. The van der Waals surface area contributed by atoms with Crippen molar-refractivity contribution < 1.29 is 9.90 Å². The summed E-state index contributed by atoms with van der Waals surface area (Å²) >= 11 is 0. The van der Waals surface area contributed by atoms with E-state index in [1.54, 1.807) is 19.0 Å². The largest absolute Gasteiger partial charge is 0.394 e. The first-order chi connectivity index (χ1) is 10.9. The van der Waals surface area contributed by atoms with Crippen molar-refractivity contribution in [1.82, 2.24) is 9.80 Å². The van der Waals surface area contributed by atoms with Crippen molar-refractivity contribution in [2.45, 2.75) is 45.2 Å². The van der Waals surface area contributed by atoms with Gasteiger partial charge >= 0.3 is 0 Å². The zero-order valence-electron chi connectivity index (χ0n) is 14.9. The summed E-state index contributed by atoms with van der Waals surface area (Å²) < 4.78 is 0. The van der Waals surface area contributed by atoms with Gasteiger partial charge in [-0.2, -0.15) is 0 Å². The summed E-state index contributed by atoms with van der Waals surface area (Å²) in [6.45, 7) is 6.44. The lowest BCUT2D eigenvalue weighted by Crippen LogP contribution is -2.47. The third-order valence-electron chi connectivity index (χ3n) is 4.78. The molecule has 1 aromatic rings. The average molecular weight is 318 g/mol. The van der Waals surface area contributed by atoms with Crippen LogP contribution in [-0.2, 0) is 6.54 Å². The molecule has 0 unspecified atom stereocenters. The summed E-state index contributed by atoms with van der Waals surface area (Å²) in [5, 5.41) is 10.0. The van der Waals surface area contributed by atoms with E-state index in [4.69, 9.17) is 0 Å². The van der Waals surface area contributed by atoms with E-state index >= 15 is 0 Å². The molecule has 0 spiro atoms. The fourth-order valence-electron chi connectivity index (χ4n) is 3.76. The van der Waals surface area contributed by atoms with E-state index in [1.807, 2.05) is 18.2 Å². The topological polar surface area (TPSA) is 43.8 Å². The lowest BCUT2D eigenvalue weighted by atomic mass is 9.87. The highest BCUT2D eigenvalue weighted by Gasteiger charge is 2.40. The summed E-state index contributed by atoms with van der Waals surface area (Å²) in [6.07, 6.45) is 3.20. The first-order valence-electron chi connectivity index (χ1n) is 8.54. The summed E-state index contributed by atoms with van der Waals surface area (Å²) in [5.74, 6) is 0.591. The Labute approximate surface area is 140 Å². The van der Waals surface area contributed by atoms with Crippen molar-refractivity contribution >= 4 is 5.91 Å². The number of benzene rings is 1. The second-order valence-corrected chi connectivity index (χ2v) is 7.41. The number of likely N-dealkylation sites (tertiary alicyclic amines) is 1. The van der Waals surface area contributed by atoms with E-state index in [9.17, 15) is 9.90 Å². The molecule has 1 aliphatic heterocycles. The molecule has 1 amide bonds. The third kappa shape index (κ3) is 4.12. The fourth-order valence-corrected chi connectivity index (χ4v) is 3.76. The van der Waals surface area contributed by atoms with E-state index in [-0.39, 0.29) is 18.1 Å². The SMILES string of the molecule is CC(C)C[C@@]1(CO)CCCN1Cc1cccc(C(=O)N(C)C)c1. The minimum Gasteiger partial charge on any atom is -0.394 e. The molecule has 0 radical (unpaired) electrons. The number of aliphatic hydroxyl groups excluding tert-OH is 1. The van der Waals surface area contributed by atoms with Crippen LogP contribution < -0.4 is 0 Å². The van der Waals surface area contributed by atoms with Gasteiger partial charge in [-0.15, -0.1) is 0 Å². The number of hydrogen-bond acceptors (Lipinski definition) is 3. The van der Waals surface area contributed by atoms with Crippen LogP contribution in [0.3, 0.4) is 0 Å². The summed E-state index contributed by atoms with van der Waals surface area (Å²) in [5.41, 5.74) is 1.77. The van der Waals surface area contributed by atoms with Gasteiger partial charge in [-0.1, -0.05) is 26.0 Å². The minimum absolute atomic E-state index is 0.0314. The molecule has 1 fully saturated rings. The maximum atomic E-state index is 12.1. The monoisotopic (exact) mass is 318 g/mol.